The van der Waals surface area contributed by atoms with Gasteiger partial charge in [0.05, 0.1) is 21.9 Å². The minimum absolute atomic E-state index is 0.417. The summed E-state index contributed by atoms with van der Waals surface area (Å²) in [4.78, 5) is 0. The second-order valence-corrected chi connectivity index (χ2v) is 5.00. The van der Waals surface area contributed by atoms with Crippen molar-refractivity contribution in [1.29, 1.82) is 0 Å². The number of hydrogen-bond donors (Lipinski definition) is 0. The number of rotatable bonds is 1. The van der Waals surface area contributed by atoms with Crippen molar-refractivity contribution in [2.75, 3.05) is 0 Å². The van der Waals surface area contributed by atoms with Gasteiger partial charge in [-0.25, -0.2) is 0 Å². The number of fused-ring (bicyclic) bond motifs is 3. The summed E-state index contributed by atoms with van der Waals surface area (Å²) in [7, 11) is 0. The van der Waals surface area contributed by atoms with E-state index in [1.165, 1.54) is 0 Å². The predicted octanol–water partition coefficient (Wildman–Crippen LogP) is 6.81. The lowest BCUT2D eigenvalue weighted by molar-refractivity contribution is 1.70. The molecular formula is C24H16. The highest BCUT2D eigenvalue weighted by atomic mass is 14.1. The zero-order valence-corrected chi connectivity index (χ0v) is 12.0. The van der Waals surface area contributed by atoms with Gasteiger partial charge in [-0.05, 0) is 55.5 Å². The van der Waals surface area contributed by atoms with Crippen LogP contribution >= 0.6 is 0 Å². The molecule has 0 N–H and O–H groups in total. The molecule has 0 nitrogen and oxygen atoms in total. The Balaban J connectivity index is 2.26. The van der Waals surface area contributed by atoms with E-state index in [-0.39, 0.29) is 0 Å². The zero-order chi connectivity index (χ0) is 29.9. The molecule has 0 radical (unpaired) electrons. The normalized spacial score (nSPS) is 20.7. The Labute approximate surface area is 163 Å². The fourth-order valence-corrected chi connectivity index (χ4v) is 2.59. The first kappa shape index (κ1) is 4.94. The van der Waals surface area contributed by atoms with Crippen LogP contribution in [0, 0.1) is 0 Å². The van der Waals surface area contributed by atoms with E-state index in [1.807, 2.05) is 0 Å². The zero-order valence-electron chi connectivity index (χ0n) is 28.0. The van der Waals surface area contributed by atoms with E-state index in [4.69, 9.17) is 21.9 Å². The maximum Gasteiger partial charge on any atom is 0.0636 e. The van der Waals surface area contributed by atoms with Crippen molar-refractivity contribution in [2.24, 2.45) is 0 Å². The van der Waals surface area contributed by atoms with E-state index < -0.39 is 140 Å². The van der Waals surface area contributed by atoms with Crippen molar-refractivity contribution in [2.45, 2.75) is 0 Å². The molecule has 5 rings (SSSR count). The third-order valence-corrected chi connectivity index (χ3v) is 3.62. The van der Waals surface area contributed by atoms with Crippen LogP contribution in [-0.2, 0) is 0 Å². The molecule has 112 valence electrons. The van der Waals surface area contributed by atoms with Gasteiger partial charge in [0.2, 0.25) is 0 Å². The molecular weight excluding hydrogens is 288 g/mol. The lowest BCUT2D eigenvalue weighted by Crippen LogP contribution is -1.86. The SMILES string of the molecule is [2H]c1c([2H])c([2H])c2c([2H])c(-c3c4c([2H])c([2H])c([2H])c([2H])c4c([2H])c4c([2H])c([2H])c([2H])c([2H])c34)c([2H])c([2H])c2c1[2H]. The molecule has 24 heavy (non-hydrogen) atoms. The van der Waals surface area contributed by atoms with E-state index in [1.54, 1.807) is 0 Å². The van der Waals surface area contributed by atoms with Gasteiger partial charge < -0.3 is 0 Å². The molecule has 0 aliphatic heterocycles. The molecule has 0 fully saturated rings. The average molecular weight is 320 g/mol. The molecule has 0 saturated carbocycles. The highest BCUT2D eigenvalue weighted by Crippen LogP contribution is 2.37. The molecule has 0 spiro atoms. The predicted molar refractivity (Wildman–Crippen MR) is 104 cm³/mol. The summed E-state index contributed by atoms with van der Waals surface area (Å²) in [6.45, 7) is 0. The Morgan fingerprint density at radius 1 is 0.458 bits per heavy atom. The van der Waals surface area contributed by atoms with Gasteiger partial charge in [0.1, 0.15) is 0 Å². The fourth-order valence-electron chi connectivity index (χ4n) is 2.59. The largest absolute Gasteiger partial charge is 0.0636 e. The van der Waals surface area contributed by atoms with E-state index >= 15 is 0 Å². The number of benzene rings is 5. The maximum atomic E-state index is 8.98. The van der Waals surface area contributed by atoms with Crippen LogP contribution in [0.5, 0.6) is 0 Å². The van der Waals surface area contributed by atoms with Crippen LogP contribution in [-0.4, -0.2) is 0 Å². The monoisotopic (exact) mass is 320 g/mol. The standard InChI is InChI=1S/C24H16/c1-2-8-18-15-21(14-13-17(18)7-1)24-22-11-5-3-9-19(22)16-20-10-4-6-12-23(20)24/h1-16H/i1D,2D,3D,4D,5D,6D,7D,8D,9D,10D,11D,12D,13D,14D,15D,16D. The van der Waals surface area contributed by atoms with Crippen molar-refractivity contribution in [3.63, 3.8) is 0 Å². The van der Waals surface area contributed by atoms with Crippen LogP contribution in [0.1, 0.15) is 21.9 Å². The van der Waals surface area contributed by atoms with Crippen molar-refractivity contribution < 1.29 is 21.9 Å². The first-order valence-electron chi connectivity index (χ1n) is 15.0. The van der Waals surface area contributed by atoms with Gasteiger partial charge in [-0.15, -0.1) is 0 Å². The van der Waals surface area contributed by atoms with E-state index in [9.17, 15) is 0 Å². The third kappa shape index (κ3) is 2.00. The van der Waals surface area contributed by atoms with Crippen LogP contribution in [0.2, 0.25) is 0 Å². The molecule has 0 unspecified atom stereocenters. The van der Waals surface area contributed by atoms with Crippen LogP contribution < -0.4 is 0 Å². The van der Waals surface area contributed by atoms with Crippen LogP contribution in [0.15, 0.2) is 96.7 Å². The lowest BCUT2D eigenvalue weighted by atomic mass is 9.91. The third-order valence-electron chi connectivity index (χ3n) is 3.62. The van der Waals surface area contributed by atoms with Crippen LogP contribution in [0.3, 0.4) is 0 Å². The summed E-state index contributed by atoms with van der Waals surface area (Å²) in [5, 5.41) is -2.57. The van der Waals surface area contributed by atoms with Gasteiger partial charge in [0.15, 0.2) is 0 Å². The van der Waals surface area contributed by atoms with Gasteiger partial charge in [-0.1, -0.05) is 84.6 Å². The summed E-state index contributed by atoms with van der Waals surface area (Å²) in [6, 6.07) is -11.3. The molecule has 0 aliphatic rings. The lowest BCUT2D eigenvalue weighted by Gasteiger charge is -2.13. The van der Waals surface area contributed by atoms with Crippen molar-refractivity contribution in [3.8, 4) is 11.1 Å². The van der Waals surface area contributed by atoms with Crippen molar-refractivity contribution in [3.05, 3.63) is 96.7 Å². The summed E-state index contributed by atoms with van der Waals surface area (Å²) in [5.74, 6) is 0. The average Bonchev–Trinajstić information content (AvgIpc) is 2.92. The van der Waals surface area contributed by atoms with Gasteiger partial charge in [0.25, 0.3) is 0 Å². The van der Waals surface area contributed by atoms with Gasteiger partial charge in [0, 0.05) is 0 Å². The molecule has 0 atom stereocenters. The highest BCUT2D eigenvalue weighted by molar-refractivity contribution is 6.13. The van der Waals surface area contributed by atoms with Crippen LogP contribution in [0.4, 0.5) is 0 Å². The first-order chi connectivity index (χ1) is 18.6. The smallest absolute Gasteiger partial charge is 0.0616 e. The first-order valence-corrected chi connectivity index (χ1v) is 7.00. The summed E-state index contributed by atoms with van der Waals surface area (Å²) < 4.78 is 135. The molecule has 0 heteroatoms. The highest BCUT2D eigenvalue weighted by Gasteiger charge is 2.09. The Morgan fingerprint density at radius 3 is 1.67 bits per heavy atom. The van der Waals surface area contributed by atoms with E-state index in [2.05, 4.69) is 0 Å². The fraction of sp³-hybridized carbons (Fsp3) is 0. The molecule has 0 amide bonds. The minimum atomic E-state index is -0.761. The van der Waals surface area contributed by atoms with Crippen LogP contribution in [0.25, 0.3) is 43.4 Å². The maximum absolute atomic E-state index is 8.98. The minimum Gasteiger partial charge on any atom is -0.0616 e. The molecule has 0 bridgehead atoms. The molecule has 0 aromatic heterocycles. The second kappa shape index (κ2) is 5.21. The Bertz CT molecular complexity index is 1930. The quantitative estimate of drug-likeness (QED) is 0.297. The van der Waals surface area contributed by atoms with Gasteiger partial charge in [-0.3, -0.25) is 0 Å². The molecule has 5 aromatic carbocycles. The van der Waals surface area contributed by atoms with Gasteiger partial charge >= 0.3 is 0 Å². The van der Waals surface area contributed by atoms with Gasteiger partial charge in [-0.2, -0.15) is 0 Å². The molecule has 0 aliphatic carbocycles. The Hall–Kier alpha value is -3.12. The Kier molecular flexibility index (Phi) is 1.07. The van der Waals surface area contributed by atoms with E-state index in [0.717, 1.165) is 0 Å². The Morgan fingerprint density at radius 2 is 1.00 bits per heavy atom. The summed E-state index contributed by atoms with van der Waals surface area (Å²) in [6.07, 6.45) is 0. The van der Waals surface area contributed by atoms with Crippen molar-refractivity contribution >= 4 is 32.3 Å². The molecule has 0 heterocycles. The molecule has 0 saturated heterocycles. The molecule has 5 aromatic rings. The summed E-state index contributed by atoms with van der Waals surface area (Å²) in [5.41, 5.74) is -0.967. The summed E-state index contributed by atoms with van der Waals surface area (Å²) >= 11 is 0. The van der Waals surface area contributed by atoms with E-state index in [0.29, 0.717) is 0 Å². The number of hydrogen-bond acceptors (Lipinski definition) is 0. The van der Waals surface area contributed by atoms with Crippen molar-refractivity contribution in [1.82, 2.24) is 0 Å². The topological polar surface area (TPSA) is 0 Å². The second-order valence-electron chi connectivity index (χ2n) is 5.00.